The summed E-state index contributed by atoms with van der Waals surface area (Å²) in [5.74, 6) is 1.21. The van der Waals surface area contributed by atoms with Gasteiger partial charge in [0.05, 0.1) is 5.69 Å². The number of aliphatic imine (C=N–C) groups is 1. The molecule has 2 aliphatic carbocycles. The number of benzene rings is 2. The summed E-state index contributed by atoms with van der Waals surface area (Å²) >= 11 is 0. The van der Waals surface area contributed by atoms with Crippen molar-refractivity contribution in [3.8, 4) is 16.9 Å². The summed E-state index contributed by atoms with van der Waals surface area (Å²) in [5, 5.41) is 4.95. The predicted octanol–water partition coefficient (Wildman–Crippen LogP) is 6.53. The molecule has 1 aromatic heterocycles. The first-order chi connectivity index (χ1) is 16.4. The zero-order valence-electron chi connectivity index (χ0n) is 19.4. The first kappa shape index (κ1) is 26.4. The molecule has 0 amide bonds. The number of hydrogen-bond donors (Lipinski definition) is 0. The van der Waals surface area contributed by atoms with Crippen molar-refractivity contribution in [2.45, 2.75) is 19.8 Å². The predicted molar refractivity (Wildman–Crippen MR) is 137 cm³/mol. The van der Waals surface area contributed by atoms with Crippen LogP contribution in [0.3, 0.4) is 0 Å². The Morgan fingerprint density at radius 2 is 1.41 bits per heavy atom. The smallest absolute Gasteiger partial charge is 0.292 e. The van der Waals surface area contributed by atoms with E-state index in [0.717, 1.165) is 41.9 Å². The van der Waals surface area contributed by atoms with Gasteiger partial charge in [-0.3, -0.25) is 4.99 Å². The van der Waals surface area contributed by atoms with Gasteiger partial charge in [0.15, 0.2) is 0 Å². The molecule has 0 spiro atoms. The summed E-state index contributed by atoms with van der Waals surface area (Å²) in [6, 6.07) is 18.7. The third-order valence-corrected chi connectivity index (χ3v) is 5.35. The van der Waals surface area contributed by atoms with Gasteiger partial charge in [-0.2, -0.15) is 5.10 Å². The van der Waals surface area contributed by atoms with Gasteiger partial charge in [0, 0.05) is 36.0 Å². The van der Waals surface area contributed by atoms with Gasteiger partial charge in [-0.1, -0.05) is 55.8 Å². The number of nitrogens with zero attached hydrogens (tertiary/aromatic N) is 3. The molecule has 3 aromatic rings. The Labute approximate surface area is 216 Å². The molecule has 0 bridgehead atoms. The molecule has 0 unspecified atom stereocenters. The normalized spacial score (nSPS) is 15.8. The second kappa shape index (κ2) is 14.3. The van der Waals surface area contributed by atoms with Gasteiger partial charge in [-0.05, 0) is 81.9 Å². The fourth-order valence-electron chi connectivity index (χ4n) is 3.63. The molecule has 3 nitrogen and oxygen atoms in total. The molecular weight excluding hydrogens is 458 g/mol. The van der Waals surface area contributed by atoms with E-state index in [1.807, 2.05) is 61.2 Å². The molecule has 2 aliphatic rings. The quantitative estimate of drug-likeness (QED) is 0.212. The molecule has 1 heterocycles. The number of rotatable bonds is 7. The zero-order valence-corrected chi connectivity index (χ0v) is 20.5. The SMILES string of the molecule is CCCCN=Cc1cn(-c2ccccc2)nc1-c1ccccc1[C]1[CH][CH][CH][CH]1.[CH]1[CH][CH][CH][CH]1.[Fe+2]. The summed E-state index contributed by atoms with van der Waals surface area (Å²) in [7, 11) is 0. The van der Waals surface area contributed by atoms with Gasteiger partial charge in [-0.15, -0.1) is 0 Å². The topological polar surface area (TPSA) is 30.2 Å². The molecule has 5 rings (SSSR count). The van der Waals surface area contributed by atoms with Gasteiger partial charge in [0.2, 0.25) is 0 Å². The average Bonchev–Trinajstić information content (AvgIpc) is 3.66. The van der Waals surface area contributed by atoms with Crippen LogP contribution in [0.15, 0.2) is 65.8 Å². The van der Waals surface area contributed by atoms with E-state index >= 15 is 0 Å². The van der Waals surface area contributed by atoms with Crippen LogP contribution in [0.25, 0.3) is 16.9 Å². The molecule has 10 radical (unpaired) electrons. The number of aromatic nitrogens is 2. The van der Waals surface area contributed by atoms with E-state index in [2.05, 4.69) is 80.2 Å². The molecular formula is C30H29FeN3+2. The summed E-state index contributed by atoms with van der Waals surface area (Å²) in [6.45, 7) is 3.03. The van der Waals surface area contributed by atoms with Gasteiger partial charge < -0.3 is 0 Å². The van der Waals surface area contributed by atoms with Crippen molar-refractivity contribution >= 4 is 6.21 Å². The molecule has 34 heavy (non-hydrogen) atoms. The van der Waals surface area contributed by atoms with Crippen molar-refractivity contribution in [2.24, 2.45) is 4.99 Å². The van der Waals surface area contributed by atoms with Crippen LogP contribution in [0.1, 0.15) is 30.9 Å². The van der Waals surface area contributed by atoms with Crippen molar-refractivity contribution < 1.29 is 17.1 Å². The van der Waals surface area contributed by atoms with Crippen LogP contribution in [0.2, 0.25) is 0 Å². The van der Waals surface area contributed by atoms with E-state index in [-0.39, 0.29) is 17.1 Å². The summed E-state index contributed by atoms with van der Waals surface area (Å²) < 4.78 is 1.94. The average molecular weight is 487 g/mol. The van der Waals surface area contributed by atoms with E-state index in [4.69, 9.17) is 5.10 Å². The Kier molecular flexibility index (Phi) is 11.1. The molecule has 2 fully saturated rings. The number of hydrogen-bond acceptors (Lipinski definition) is 2. The van der Waals surface area contributed by atoms with E-state index < -0.39 is 0 Å². The Morgan fingerprint density at radius 3 is 2.06 bits per heavy atom. The molecule has 0 saturated heterocycles. The maximum atomic E-state index is 4.95. The summed E-state index contributed by atoms with van der Waals surface area (Å²) in [6.07, 6.45) is 24.7. The maximum absolute atomic E-state index is 4.95. The summed E-state index contributed by atoms with van der Waals surface area (Å²) in [4.78, 5) is 4.64. The maximum Gasteiger partial charge on any atom is 2.00 e. The van der Waals surface area contributed by atoms with Gasteiger partial charge in [-0.25, -0.2) is 4.68 Å². The van der Waals surface area contributed by atoms with E-state index in [1.54, 1.807) is 0 Å². The monoisotopic (exact) mass is 487 g/mol. The molecule has 0 atom stereocenters. The second-order valence-corrected chi connectivity index (χ2v) is 7.78. The molecule has 0 N–H and O–H groups in total. The van der Waals surface area contributed by atoms with Crippen molar-refractivity contribution in [1.29, 1.82) is 0 Å². The van der Waals surface area contributed by atoms with Crippen LogP contribution in [0.5, 0.6) is 0 Å². The number of para-hydroxylation sites is 1. The minimum Gasteiger partial charge on any atom is -0.292 e. The van der Waals surface area contributed by atoms with E-state index in [0.29, 0.717) is 0 Å². The van der Waals surface area contributed by atoms with Gasteiger partial charge in [0.25, 0.3) is 0 Å². The molecule has 2 aromatic carbocycles. The van der Waals surface area contributed by atoms with Gasteiger partial charge >= 0.3 is 17.1 Å². The van der Waals surface area contributed by atoms with Crippen LogP contribution in [0.4, 0.5) is 0 Å². The van der Waals surface area contributed by atoms with Crippen molar-refractivity contribution in [2.75, 3.05) is 6.54 Å². The second-order valence-electron chi connectivity index (χ2n) is 7.78. The van der Waals surface area contributed by atoms with Crippen molar-refractivity contribution in [3.63, 3.8) is 0 Å². The Bertz CT molecular complexity index is 991. The van der Waals surface area contributed by atoms with Crippen LogP contribution < -0.4 is 0 Å². The zero-order chi connectivity index (χ0) is 22.7. The minimum atomic E-state index is 0. The van der Waals surface area contributed by atoms with E-state index in [1.165, 1.54) is 11.5 Å². The van der Waals surface area contributed by atoms with Crippen molar-refractivity contribution in [3.05, 3.63) is 136 Å². The molecule has 170 valence electrons. The Morgan fingerprint density at radius 1 is 0.794 bits per heavy atom. The molecule has 0 aliphatic heterocycles. The van der Waals surface area contributed by atoms with Crippen LogP contribution in [-0.4, -0.2) is 22.5 Å². The third kappa shape index (κ3) is 7.17. The standard InChI is InChI=1S/C25H24N3.C5H5.Fe/c1-2-3-17-26-18-21-19-28(22-13-5-4-6-14-22)27-25(21)24-16-10-9-15-23(24)20-11-7-8-12-20;1-2-4-5-3-1;/h4-16,18-19H,2-3,17H2,1H3;1-5H;/q;;+2. The largest absolute Gasteiger partial charge is 2.00 e. The van der Waals surface area contributed by atoms with Crippen LogP contribution >= 0.6 is 0 Å². The fourth-order valence-corrected chi connectivity index (χ4v) is 3.63. The molecule has 2 saturated carbocycles. The Hall–Kier alpha value is -2.16. The van der Waals surface area contributed by atoms with Gasteiger partial charge in [0.1, 0.15) is 5.69 Å². The first-order valence-electron chi connectivity index (χ1n) is 11.5. The minimum absolute atomic E-state index is 0. The Balaban J connectivity index is 0.000000481. The number of unbranched alkanes of at least 4 members (excludes halogenated alkanes) is 1. The van der Waals surface area contributed by atoms with Crippen molar-refractivity contribution in [1.82, 2.24) is 9.78 Å². The summed E-state index contributed by atoms with van der Waals surface area (Å²) in [5.41, 5.74) is 5.36. The van der Waals surface area contributed by atoms with Crippen LogP contribution in [0, 0.1) is 63.7 Å². The van der Waals surface area contributed by atoms with Crippen LogP contribution in [-0.2, 0) is 17.1 Å². The van der Waals surface area contributed by atoms with E-state index in [9.17, 15) is 0 Å². The first-order valence-corrected chi connectivity index (χ1v) is 11.5. The fraction of sp³-hybridized carbons (Fsp3) is 0.133. The third-order valence-electron chi connectivity index (χ3n) is 5.35. The molecule has 4 heteroatoms.